The highest BCUT2D eigenvalue weighted by Gasteiger charge is 2.15. The molecule has 1 aromatic heterocycles. The van der Waals surface area contributed by atoms with E-state index in [0.717, 1.165) is 45.8 Å². The first kappa shape index (κ1) is 16.4. The third-order valence-electron chi connectivity index (χ3n) is 4.12. The van der Waals surface area contributed by atoms with Crippen LogP contribution in [0.4, 0.5) is 5.69 Å². The van der Waals surface area contributed by atoms with Gasteiger partial charge < -0.3 is 9.64 Å². The number of hydrogen-bond acceptors (Lipinski definition) is 5. The number of thiazole rings is 1. The maximum absolute atomic E-state index is 5.47. The Bertz CT molecular complexity index is 622. The van der Waals surface area contributed by atoms with Gasteiger partial charge in [0, 0.05) is 37.2 Å². The van der Waals surface area contributed by atoms with Crippen molar-refractivity contribution < 1.29 is 4.74 Å². The highest BCUT2D eigenvalue weighted by Crippen LogP contribution is 2.23. The van der Waals surface area contributed by atoms with Gasteiger partial charge in [0.15, 0.2) is 0 Å². The Balaban J connectivity index is 1.66. The number of para-hydroxylation sites is 1. The van der Waals surface area contributed by atoms with Crippen LogP contribution in [0.15, 0.2) is 29.6 Å². The molecule has 1 saturated heterocycles. The van der Waals surface area contributed by atoms with Crippen LogP contribution in [-0.4, -0.2) is 43.2 Å². The molecule has 0 amide bonds. The number of nitrogens with zero attached hydrogens (tertiary/aromatic N) is 3. The van der Waals surface area contributed by atoms with Crippen molar-refractivity contribution in [1.29, 1.82) is 0 Å². The molecule has 124 valence electrons. The molecule has 5 heteroatoms. The highest BCUT2D eigenvalue weighted by atomic mass is 32.1. The number of rotatable bonds is 6. The van der Waals surface area contributed by atoms with Crippen molar-refractivity contribution in [2.45, 2.75) is 26.4 Å². The summed E-state index contributed by atoms with van der Waals surface area (Å²) < 4.78 is 5.47. The van der Waals surface area contributed by atoms with E-state index in [1.807, 2.05) is 0 Å². The Morgan fingerprint density at radius 1 is 1.22 bits per heavy atom. The van der Waals surface area contributed by atoms with Crippen molar-refractivity contribution in [3.8, 4) is 0 Å². The Kier molecular flexibility index (Phi) is 5.65. The van der Waals surface area contributed by atoms with Crippen LogP contribution in [0.2, 0.25) is 0 Å². The largest absolute Gasteiger partial charge is 0.378 e. The minimum absolute atomic E-state index is 0.822. The molecule has 0 unspecified atom stereocenters. The predicted molar refractivity (Wildman–Crippen MR) is 96.1 cm³/mol. The standard InChI is InChI=1S/C18H25N3OS/c1-3-18-19-16(14-23-18)13-20(2)12-15-6-4-5-7-17(15)21-8-10-22-11-9-21/h4-7,14H,3,8-13H2,1-2H3. The van der Waals surface area contributed by atoms with Crippen LogP contribution in [0.1, 0.15) is 23.2 Å². The van der Waals surface area contributed by atoms with E-state index in [2.05, 4.69) is 58.4 Å². The molecule has 0 bridgehead atoms. The topological polar surface area (TPSA) is 28.6 Å². The number of aryl methyl sites for hydroxylation is 1. The summed E-state index contributed by atoms with van der Waals surface area (Å²) in [7, 11) is 2.17. The average molecular weight is 331 g/mol. The van der Waals surface area contributed by atoms with E-state index < -0.39 is 0 Å². The molecule has 0 spiro atoms. The van der Waals surface area contributed by atoms with Crippen LogP contribution in [0.5, 0.6) is 0 Å². The molecule has 0 N–H and O–H groups in total. The van der Waals surface area contributed by atoms with Gasteiger partial charge in [-0.3, -0.25) is 4.90 Å². The van der Waals surface area contributed by atoms with Gasteiger partial charge in [-0.05, 0) is 25.1 Å². The molecule has 0 atom stereocenters. The summed E-state index contributed by atoms with van der Waals surface area (Å²) in [5.74, 6) is 0. The summed E-state index contributed by atoms with van der Waals surface area (Å²) >= 11 is 1.76. The van der Waals surface area contributed by atoms with E-state index in [1.54, 1.807) is 11.3 Å². The van der Waals surface area contributed by atoms with Gasteiger partial charge in [-0.15, -0.1) is 11.3 Å². The van der Waals surface area contributed by atoms with Crippen LogP contribution < -0.4 is 4.90 Å². The van der Waals surface area contributed by atoms with Crippen molar-refractivity contribution in [2.75, 3.05) is 38.3 Å². The smallest absolute Gasteiger partial charge is 0.0926 e. The van der Waals surface area contributed by atoms with E-state index in [4.69, 9.17) is 4.74 Å². The van der Waals surface area contributed by atoms with Crippen LogP contribution in [0.25, 0.3) is 0 Å². The first-order chi connectivity index (χ1) is 11.3. The fourth-order valence-electron chi connectivity index (χ4n) is 2.96. The molecule has 1 aromatic carbocycles. The molecule has 1 aliphatic rings. The normalized spacial score (nSPS) is 15.3. The monoisotopic (exact) mass is 331 g/mol. The second kappa shape index (κ2) is 7.90. The van der Waals surface area contributed by atoms with Crippen molar-refractivity contribution in [2.24, 2.45) is 0 Å². The number of ether oxygens (including phenoxy) is 1. The number of anilines is 1. The van der Waals surface area contributed by atoms with Crippen molar-refractivity contribution in [3.63, 3.8) is 0 Å². The summed E-state index contributed by atoms with van der Waals surface area (Å²) in [6, 6.07) is 8.72. The number of morpholine rings is 1. The maximum Gasteiger partial charge on any atom is 0.0926 e. The summed E-state index contributed by atoms with van der Waals surface area (Å²) in [6.07, 6.45) is 1.02. The van der Waals surface area contributed by atoms with E-state index in [1.165, 1.54) is 22.0 Å². The molecule has 0 radical (unpaired) electrons. The van der Waals surface area contributed by atoms with Crippen molar-refractivity contribution >= 4 is 17.0 Å². The molecule has 1 aliphatic heterocycles. The fraction of sp³-hybridized carbons (Fsp3) is 0.500. The molecule has 1 fully saturated rings. The van der Waals surface area contributed by atoms with E-state index in [0.29, 0.717) is 0 Å². The molecular formula is C18H25N3OS. The SMILES string of the molecule is CCc1nc(CN(C)Cc2ccccc2N2CCOCC2)cs1. The second-order valence-corrected chi connectivity index (χ2v) is 6.93. The Morgan fingerprint density at radius 2 is 2.00 bits per heavy atom. The van der Waals surface area contributed by atoms with Gasteiger partial charge in [0.1, 0.15) is 0 Å². The lowest BCUT2D eigenvalue weighted by atomic mass is 10.1. The third-order valence-corrected chi connectivity index (χ3v) is 5.16. The fourth-order valence-corrected chi connectivity index (χ4v) is 3.70. The number of aromatic nitrogens is 1. The van der Waals surface area contributed by atoms with Crippen LogP contribution in [0, 0.1) is 0 Å². The van der Waals surface area contributed by atoms with Crippen molar-refractivity contribution in [1.82, 2.24) is 9.88 Å². The number of benzene rings is 1. The van der Waals surface area contributed by atoms with Crippen LogP contribution in [-0.2, 0) is 24.2 Å². The van der Waals surface area contributed by atoms with E-state index in [-0.39, 0.29) is 0 Å². The van der Waals surface area contributed by atoms with E-state index >= 15 is 0 Å². The lowest BCUT2D eigenvalue weighted by molar-refractivity contribution is 0.122. The molecule has 2 heterocycles. The zero-order valence-corrected chi connectivity index (χ0v) is 14.8. The average Bonchev–Trinajstić information content (AvgIpc) is 3.03. The molecule has 0 aliphatic carbocycles. The lowest BCUT2D eigenvalue weighted by Gasteiger charge is -2.31. The van der Waals surface area contributed by atoms with Gasteiger partial charge in [-0.2, -0.15) is 0 Å². The van der Waals surface area contributed by atoms with Gasteiger partial charge in [-0.1, -0.05) is 25.1 Å². The summed E-state index contributed by atoms with van der Waals surface area (Å²) in [5.41, 5.74) is 3.90. The zero-order valence-electron chi connectivity index (χ0n) is 14.0. The van der Waals surface area contributed by atoms with Crippen LogP contribution in [0.3, 0.4) is 0 Å². The molecular weight excluding hydrogens is 306 g/mol. The Hall–Kier alpha value is -1.43. The Morgan fingerprint density at radius 3 is 2.74 bits per heavy atom. The predicted octanol–water partition coefficient (Wildman–Crippen LogP) is 3.17. The quantitative estimate of drug-likeness (QED) is 0.813. The first-order valence-electron chi connectivity index (χ1n) is 8.28. The summed E-state index contributed by atoms with van der Waals surface area (Å²) in [4.78, 5) is 9.45. The van der Waals surface area contributed by atoms with E-state index in [9.17, 15) is 0 Å². The van der Waals surface area contributed by atoms with Crippen LogP contribution >= 0.6 is 11.3 Å². The summed E-state index contributed by atoms with van der Waals surface area (Å²) in [6.45, 7) is 7.59. The van der Waals surface area contributed by atoms with Gasteiger partial charge in [0.2, 0.25) is 0 Å². The third kappa shape index (κ3) is 4.31. The molecule has 2 aromatic rings. The van der Waals surface area contributed by atoms with Gasteiger partial charge in [0.25, 0.3) is 0 Å². The Labute approximate surface area is 142 Å². The molecule has 0 saturated carbocycles. The minimum atomic E-state index is 0.822. The summed E-state index contributed by atoms with van der Waals surface area (Å²) in [5, 5.41) is 3.41. The molecule has 23 heavy (non-hydrogen) atoms. The maximum atomic E-state index is 5.47. The number of hydrogen-bond donors (Lipinski definition) is 0. The van der Waals surface area contributed by atoms with Gasteiger partial charge >= 0.3 is 0 Å². The van der Waals surface area contributed by atoms with Gasteiger partial charge in [-0.25, -0.2) is 4.98 Å². The molecule has 3 rings (SSSR count). The van der Waals surface area contributed by atoms with Gasteiger partial charge in [0.05, 0.1) is 23.9 Å². The lowest BCUT2D eigenvalue weighted by Crippen LogP contribution is -2.37. The zero-order chi connectivity index (χ0) is 16.1. The van der Waals surface area contributed by atoms with Crippen molar-refractivity contribution in [3.05, 3.63) is 45.9 Å². The molecule has 4 nitrogen and oxygen atoms in total. The minimum Gasteiger partial charge on any atom is -0.378 e. The highest BCUT2D eigenvalue weighted by molar-refractivity contribution is 7.09. The first-order valence-corrected chi connectivity index (χ1v) is 9.16. The second-order valence-electron chi connectivity index (χ2n) is 5.99.